The summed E-state index contributed by atoms with van der Waals surface area (Å²) in [7, 11) is -1.73. The van der Waals surface area contributed by atoms with Gasteiger partial charge in [-0.25, -0.2) is 10.6 Å². The summed E-state index contributed by atoms with van der Waals surface area (Å²) in [4.78, 5) is 10.4. The number of carbonyl (C=O) groups is 1. The van der Waals surface area contributed by atoms with Gasteiger partial charge in [-0.3, -0.25) is 5.43 Å². The molecule has 0 saturated carbocycles. The summed E-state index contributed by atoms with van der Waals surface area (Å²) < 4.78 is 4.85. The second-order valence-electron chi connectivity index (χ2n) is 2.65. The van der Waals surface area contributed by atoms with Crippen molar-refractivity contribution in [3.63, 3.8) is 0 Å². The molecule has 5 heteroatoms. The Morgan fingerprint density at radius 3 is 2.11 bits per heavy atom. The number of nitrogens with two attached hydrogens (primary N) is 1. The van der Waals surface area contributed by atoms with Crippen molar-refractivity contribution >= 4 is 14.4 Å². The number of amides is 1. The van der Waals surface area contributed by atoms with Crippen molar-refractivity contribution in [2.45, 2.75) is 19.6 Å². The largest absolute Gasteiger partial charge is 0.503 e. The molecule has 0 atom stereocenters. The van der Waals surface area contributed by atoms with Crippen molar-refractivity contribution < 1.29 is 9.22 Å². The van der Waals surface area contributed by atoms with Crippen LogP contribution < -0.4 is 11.3 Å². The van der Waals surface area contributed by atoms with Crippen molar-refractivity contribution in [3.8, 4) is 0 Å². The molecule has 0 aromatic heterocycles. The predicted octanol–water partition coefficient (Wildman–Crippen LogP) is 0.421. The first-order chi connectivity index (χ1) is 3.95. The van der Waals surface area contributed by atoms with Crippen molar-refractivity contribution in [3.05, 3.63) is 0 Å². The number of hydrazine groups is 1. The van der Waals surface area contributed by atoms with Crippen LogP contribution in [0.25, 0.3) is 0 Å². The highest BCUT2D eigenvalue weighted by Crippen LogP contribution is 2.01. The maximum Gasteiger partial charge on any atom is 0.407 e. The maximum atomic E-state index is 10.4. The zero-order chi connectivity index (χ0) is 7.49. The van der Waals surface area contributed by atoms with Gasteiger partial charge in [-0.2, -0.15) is 0 Å². The molecule has 9 heavy (non-hydrogen) atoms. The van der Waals surface area contributed by atoms with Crippen LogP contribution >= 0.6 is 0 Å². The summed E-state index contributed by atoms with van der Waals surface area (Å²) in [5, 5.41) is 0. The van der Waals surface area contributed by atoms with E-state index in [-0.39, 0.29) is 0 Å². The van der Waals surface area contributed by atoms with E-state index >= 15 is 0 Å². The Balaban J connectivity index is 3.60. The van der Waals surface area contributed by atoms with Crippen molar-refractivity contribution in [1.29, 1.82) is 0 Å². The van der Waals surface area contributed by atoms with E-state index in [1.807, 2.05) is 25.1 Å². The number of hydrogen-bond donors (Lipinski definition) is 2. The average molecular weight is 148 g/mol. The van der Waals surface area contributed by atoms with Gasteiger partial charge < -0.3 is 4.43 Å². The smallest absolute Gasteiger partial charge is 0.407 e. The highest BCUT2D eigenvalue weighted by molar-refractivity contribution is 6.71. The standard InChI is InChI=1S/C4H12N2O2Si/c1-9(2,3)8-4(7)6-5/h5H2,1-3H3,(H,6,7). The molecule has 0 bridgehead atoms. The van der Waals surface area contributed by atoms with Gasteiger partial charge in [0.2, 0.25) is 8.32 Å². The maximum absolute atomic E-state index is 10.4. The number of nitrogens with one attached hydrogen (secondary N) is 1. The second kappa shape index (κ2) is 2.84. The summed E-state index contributed by atoms with van der Waals surface area (Å²) in [5.74, 6) is 4.78. The van der Waals surface area contributed by atoms with Gasteiger partial charge in [0.15, 0.2) is 0 Å². The van der Waals surface area contributed by atoms with Crippen molar-refractivity contribution in [2.75, 3.05) is 0 Å². The Bertz CT molecular complexity index is 110. The third-order valence-electron chi connectivity index (χ3n) is 0.517. The molecule has 4 nitrogen and oxygen atoms in total. The van der Waals surface area contributed by atoms with Crippen LogP contribution in [-0.4, -0.2) is 14.4 Å². The molecule has 0 radical (unpaired) electrons. The molecule has 0 saturated heterocycles. The topological polar surface area (TPSA) is 64.3 Å². The third kappa shape index (κ3) is 5.32. The fraction of sp³-hybridized carbons (Fsp3) is 0.750. The van der Waals surface area contributed by atoms with Crippen molar-refractivity contribution in [2.24, 2.45) is 5.84 Å². The van der Waals surface area contributed by atoms with Crippen LogP contribution in [0.2, 0.25) is 19.6 Å². The molecule has 0 aromatic carbocycles. The number of hydrogen-bond acceptors (Lipinski definition) is 3. The predicted molar refractivity (Wildman–Crippen MR) is 37.2 cm³/mol. The van der Waals surface area contributed by atoms with Crippen LogP contribution in [0, 0.1) is 0 Å². The number of carbonyl (C=O) groups excluding carboxylic acids is 1. The van der Waals surface area contributed by atoms with Crippen LogP contribution in [0.5, 0.6) is 0 Å². The van der Waals surface area contributed by atoms with Crippen LogP contribution in [0.15, 0.2) is 0 Å². The Kier molecular flexibility index (Phi) is 2.66. The molecule has 0 unspecified atom stereocenters. The molecule has 0 fully saturated rings. The molecule has 0 aliphatic heterocycles. The van der Waals surface area contributed by atoms with E-state index in [0.29, 0.717) is 0 Å². The van der Waals surface area contributed by atoms with Crippen molar-refractivity contribution in [1.82, 2.24) is 5.43 Å². The lowest BCUT2D eigenvalue weighted by Crippen LogP contribution is -2.38. The van der Waals surface area contributed by atoms with Crippen LogP contribution in [-0.2, 0) is 4.43 Å². The Morgan fingerprint density at radius 2 is 2.00 bits per heavy atom. The van der Waals surface area contributed by atoms with E-state index in [1.54, 1.807) is 0 Å². The average Bonchev–Trinajstić information content (AvgIpc) is 1.62. The highest BCUT2D eigenvalue weighted by Gasteiger charge is 2.18. The minimum Gasteiger partial charge on any atom is -0.503 e. The molecule has 0 spiro atoms. The Morgan fingerprint density at radius 1 is 1.56 bits per heavy atom. The molecule has 54 valence electrons. The lowest BCUT2D eigenvalue weighted by molar-refractivity contribution is 0.199. The van der Waals surface area contributed by atoms with Gasteiger partial charge in [0.05, 0.1) is 0 Å². The summed E-state index contributed by atoms with van der Waals surface area (Å²) in [6, 6.07) is 0. The second-order valence-corrected chi connectivity index (χ2v) is 7.08. The molecule has 0 aromatic rings. The summed E-state index contributed by atoms with van der Waals surface area (Å²) >= 11 is 0. The van der Waals surface area contributed by atoms with E-state index in [4.69, 9.17) is 10.3 Å². The third-order valence-corrected chi connectivity index (χ3v) is 1.31. The van der Waals surface area contributed by atoms with E-state index in [0.717, 1.165) is 0 Å². The molecule has 3 N–H and O–H groups in total. The van der Waals surface area contributed by atoms with E-state index in [2.05, 4.69) is 0 Å². The molecule has 1 amide bonds. The van der Waals surface area contributed by atoms with E-state index < -0.39 is 14.4 Å². The van der Waals surface area contributed by atoms with Gasteiger partial charge in [-0.1, -0.05) is 0 Å². The first-order valence-electron chi connectivity index (χ1n) is 2.65. The lowest BCUT2D eigenvalue weighted by atomic mass is 11.3. The summed E-state index contributed by atoms with van der Waals surface area (Å²) in [6.45, 7) is 5.72. The van der Waals surface area contributed by atoms with Gasteiger partial charge in [-0.15, -0.1) is 0 Å². The molecule has 0 rings (SSSR count). The summed E-state index contributed by atoms with van der Waals surface area (Å²) in [5.41, 5.74) is 1.90. The van der Waals surface area contributed by atoms with E-state index in [1.165, 1.54) is 0 Å². The first kappa shape index (κ1) is 8.45. The lowest BCUT2D eigenvalue weighted by Gasteiger charge is -2.15. The van der Waals surface area contributed by atoms with Gasteiger partial charge in [0.1, 0.15) is 0 Å². The van der Waals surface area contributed by atoms with Crippen LogP contribution in [0.3, 0.4) is 0 Å². The molecule has 0 aliphatic carbocycles. The minimum atomic E-state index is -1.73. The fourth-order valence-electron chi connectivity index (χ4n) is 0.308. The minimum absolute atomic E-state index is 0.547. The first-order valence-corrected chi connectivity index (χ1v) is 6.06. The van der Waals surface area contributed by atoms with Gasteiger partial charge in [0, 0.05) is 0 Å². The SMILES string of the molecule is C[Si](C)(C)OC(=O)NN. The van der Waals surface area contributed by atoms with Crippen LogP contribution in [0.1, 0.15) is 0 Å². The monoisotopic (exact) mass is 148 g/mol. The molecule has 0 heterocycles. The Hall–Kier alpha value is -0.553. The van der Waals surface area contributed by atoms with Gasteiger partial charge >= 0.3 is 6.09 Å². The molecular weight excluding hydrogens is 136 g/mol. The van der Waals surface area contributed by atoms with Gasteiger partial charge in [0.25, 0.3) is 0 Å². The Labute approximate surface area is 55.5 Å². The quantitative estimate of drug-likeness (QED) is 0.245. The summed E-state index contributed by atoms with van der Waals surface area (Å²) in [6.07, 6.45) is -0.547. The number of rotatable bonds is 1. The zero-order valence-electron chi connectivity index (χ0n) is 5.89. The molecular formula is C4H12N2O2Si. The highest BCUT2D eigenvalue weighted by atomic mass is 28.4. The van der Waals surface area contributed by atoms with Gasteiger partial charge in [-0.05, 0) is 19.6 Å². The normalized spacial score (nSPS) is 10.7. The van der Waals surface area contributed by atoms with E-state index in [9.17, 15) is 4.79 Å². The van der Waals surface area contributed by atoms with Crippen LogP contribution in [0.4, 0.5) is 4.79 Å². The fourth-order valence-corrected chi connectivity index (χ4v) is 0.923. The molecule has 0 aliphatic rings. The zero-order valence-corrected chi connectivity index (χ0v) is 6.89.